The van der Waals surface area contributed by atoms with Gasteiger partial charge in [-0.2, -0.15) is 0 Å². The maximum Gasteiger partial charge on any atom is 0.573 e. The molecule has 0 saturated heterocycles. The van der Waals surface area contributed by atoms with Gasteiger partial charge < -0.3 is 9.84 Å². The zero-order valence-electron chi connectivity index (χ0n) is 12.1. The highest BCUT2D eigenvalue weighted by atomic mass is 19.4. The van der Waals surface area contributed by atoms with Crippen molar-refractivity contribution < 1.29 is 23.0 Å². The van der Waals surface area contributed by atoms with E-state index in [4.69, 9.17) is 0 Å². The Morgan fingerprint density at radius 3 is 2.67 bits per heavy atom. The third-order valence-electron chi connectivity index (χ3n) is 4.31. The van der Waals surface area contributed by atoms with Crippen molar-refractivity contribution in [2.75, 3.05) is 0 Å². The summed E-state index contributed by atoms with van der Waals surface area (Å²) >= 11 is 0. The lowest BCUT2D eigenvalue weighted by Gasteiger charge is -2.32. The Kier molecular flexibility index (Phi) is 5.14. The van der Waals surface area contributed by atoms with Crippen LogP contribution in [0.5, 0.6) is 5.75 Å². The van der Waals surface area contributed by atoms with E-state index in [9.17, 15) is 18.3 Å². The van der Waals surface area contributed by atoms with Gasteiger partial charge in [0, 0.05) is 5.56 Å². The molecule has 3 unspecified atom stereocenters. The zero-order valence-corrected chi connectivity index (χ0v) is 12.1. The van der Waals surface area contributed by atoms with Crippen LogP contribution in [-0.2, 0) is 0 Å². The molecule has 0 spiro atoms. The lowest BCUT2D eigenvalue weighted by Crippen LogP contribution is -2.23. The predicted molar refractivity (Wildman–Crippen MR) is 73.8 cm³/mol. The van der Waals surface area contributed by atoms with Crippen molar-refractivity contribution >= 4 is 0 Å². The highest BCUT2D eigenvalue weighted by molar-refractivity contribution is 5.35. The number of para-hydroxylation sites is 1. The molecule has 0 heterocycles. The second-order valence-electron chi connectivity index (χ2n) is 5.73. The van der Waals surface area contributed by atoms with Crippen LogP contribution in [0.2, 0.25) is 0 Å². The maximum atomic E-state index is 12.4. The summed E-state index contributed by atoms with van der Waals surface area (Å²) < 4.78 is 41.4. The Morgan fingerprint density at radius 2 is 2.00 bits per heavy atom. The Morgan fingerprint density at radius 1 is 1.29 bits per heavy atom. The zero-order chi connectivity index (χ0) is 15.5. The van der Waals surface area contributed by atoms with E-state index in [-0.39, 0.29) is 17.2 Å². The summed E-state index contributed by atoms with van der Waals surface area (Å²) in [6, 6.07) is 5.88. The molecular weight excluding hydrogens is 281 g/mol. The smallest absolute Gasteiger partial charge is 0.405 e. The first-order chi connectivity index (χ1) is 9.90. The third-order valence-corrected chi connectivity index (χ3v) is 4.31. The van der Waals surface area contributed by atoms with Crippen molar-refractivity contribution in [2.24, 2.45) is 11.8 Å². The fourth-order valence-electron chi connectivity index (χ4n) is 3.19. The minimum Gasteiger partial charge on any atom is -0.405 e. The number of hydrogen-bond donors (Lipinski definition) is 1. The van der Waals surface area contributed by atoms with Crippen molar-refractivity contribution in [3.63, 3.8) is 0 Å². The van der Waals surface area contributed by atoms with Gasteiger partial charge in [-0.05, 0) is 30.7 Å². The van der Waals surface area contributed by atoms with E-state index in [1.54, 1.807) is 6.07 Å². The average Bonchev–Trinajstić information content (AvgIpc) is 2.45. The standard InChI is InChI=1S/C16H21F3O2/c1-2-11-6-5-7-12(10-11)15(20)13-8-3-4-9-14(13)21-16(17,18)19/h3-4,8-9,11-12,15,20H,2,5-7,10H2,1H3. The molecule has 1 aromatic carbocycles. The maximum absolute atomic E-state index is 12.4. The lowest BCUT2D eigenvalue weighted by molar-refractivity contribution is -0.275. The quantitative estimate of drug-likeness (QED) is 0.862. The number of hydrogen-bond acceptors (Lipinski definition) is 2. The van der Waals surface area contributed by atoms with E-state index in [1.807, 2.05) is 0 Å². The molecule has 0 aliphatic heterocycles. The Bertz CT molecular complexity index is 459. The number of rotatable bonds is 4. The van der Waals surface area contributed by atoms with Crippen LogP contribution in [0, 0.1) is 11.8 Å². The summed E-state index contributed by atoms with van der Waals surface area (Å²) in [5, 5.41) is 10.5. The van der Waals surface area contributed by atoms with Gasteiger partial charge in [0.15, 0.2) is 0 Å². The minimum absolute atomic E-state index is 0.00156. The van der Waals surface area contributed by atoms with E-state index >= 15 is 0 Å². The molecule has 1 fully saturated rings. The van der Waals surface area contributed by atoms with E-state index in [1.165, 1.54) is 18.2 Å². The molecule has 0 aromatic heterocycles. The molecule has 1 N–H and O–H groups in total. The van der Waals surface area contributed by atoms with Crippen LogP contribution in [0.4, 0.5) is 13.2 Å². The summed E-state index contributed by atoms with van der Waals surface area (Å²) in [6.45, 7) is 2.11. The fourth-order valence-corrected chi connectivity index (χ4v) is 3.19. The van der Waals surface area contributed by atoms with Gasteiger partial charge in [0.1, 0.15) is 5.75 Å². The number of benzene rings is 1. The highest BCUT2D eigenvalue weighted by Gasteiger charge is 2.34. The van der Waals surface area contributed by atoms with Gasteiger partial charge in [0.25, 0.3) is 0 Å². The summed E-state index contributed by atoms with van der Waals surface area (Å²) in [5.74, 6) is 0.256. The number of ether oxygens (including phenoxy) is 1. The minimum atomic E-state index is -4.74. The molecule has 0 bridgehead atoms. The molecule has 2 nitrogen and oxygen atoms in total. The van der Waals surface area contributed by atoms with Crippen LogP contribution in [-0.4, -0.2) is 11.5 Å². The van der Waals surface area contributed by atoms with Crippen molar-refractivity contribution in [1.29, 1.82) is 0 Å². The van der Waals surface area contributed by atoms with Crippen molar-refractivity contribution in [1.82, 2.24) is 0 Å². The molecule has 2 rings (SSSR count). The molecular formula is C16H21F3O2. The third kappa shape index (κ3) is 4.37. The van der Waals surface area contributed by atoms with Crippen LogP contribution >= 0.6 is 0 Å². The highest BCUT2D eigenvalue weighted by Crippen LogP contribution is 2.41. The van der Waals surface area contributed by atoms with Crippen molar-refractivity contribution in [3.05, 3.63) is 29.8 Å². The van der Waals surface area contributed by atoms with Crippen LogP contribution in [0.15, 0.2) is 24.3 Å². The van der Waals surface area contributed by atoms with Gasteiger partial charge in [-0.25, -0.2) is 0 Å². The second-order valence-corrected chi connectivity index (χ2v) is 5.73. The molecule has 0 amide bonds. The first kappa shape index (κ1) is 16.1. The van der Waals surface area contributed by atoms with E-state index in [2.05, 4.69) is 11.7 Å². The molecule has 21 heavy (non-hydrogen) atoms. The molecule has 1 aromatic rings. The van der Waals surface area contributed by atoms with Crippen molar-refractivity contribution in [2.45, 2.75) is 51.5 Å². The van der Waals surface area contributed by atoms with Crippen LogP contribution in [0.25, 0.3) is 0 Å². The Hall–Kier alpha value is -1.23. The number of halogens is 3. The number of alkyl halides is 3. The monoisotopic (exact) mass is 302 g/mol. The SMILES string of the molecule is CCC1CCCC(C(O)c2ccccc2OC(F)(F)F)C1. The summed E-state index contributed by atoms with van der Waals surface area (Å²) in [4.78, 5) is 0. The van der Waals surface area contributed by atoms with Crippen LogP contribution < -0.4 is 4.74 Å². The van der Waals surface area contributed by atoms with E-state index in [0.29, 0.717) is 5.92 Å². The molecule has 5 heteroatoms. The molecule has 3 atom stereocenters. The van der Waals surface area contributed by atoms with Gasteiger partial charge in [-0.3, -0.25) is 0 Å². The number of aliphatic hydroxyl groups is 1. The Balaban J connectivity index is 2.16. The van der Waals surface area contributed by atoms with E-state index < -0.39 is 12.5 Å². The van der Waals surface area contributed by atoms with Crippen LogP contribution in [0.1, 0.15) is 50.7 Å². The average molecular weight is 302 g/mol. The largest absolute Gasteiger partial charge is 0.573 e. The summed E-state index contributed by atoms with van der Waals surface area (Å²) in [7, 11) is 0. The first-order valence-corrected chi connectivity index (χ1v) is 7.43. The molecule has 1 aliphatic carbocycles. The van der Waals surface area contributed by atoms with E-state index in [0.717, 1.165) is 32.1 Å². The van der Waals surface area contributed by atoms with Gasteiger partial charge in [0.2, 0.25) is 0 Å². The first-order valence-electron chi connectivity index (χ1n) is 7.43. The lowest BCUT2D eigenvalue weighted by atomic mass is 9.76. The molecule has 1 saturated carbocycles. The fraction of sp³-hybridized carbons (Fsp3) is 0.625. The van der Waals surface area contributed by atoms with Gasteiger partial charge in [0.05, 0.1) is 6.10 Å². The molecule has 118 valence electrons. The normalized spacial score (nSPS) is 24.6. The van der Waals surface area contributed by atoms with Crippen molar-refractivity contribution in [3.8, 4) is 5.75 Å². The second kappa shape index (κ2) is 6.69. The topological polar surface area (TPSA) is 29.5 Å². The summed E-state index contributed by atoms with van der Waals surface area (Å²) in [5.41, 5.74) is 0.233. The van der Waals surface area contributed by atoms with Gasteiger partial charge >= 0.3 is 6.36 Å². The molecule has 0 radical (unpaired) electrons. The predicted octanol–water partition coefficient (Wildman–Crippen LogP) is 4.84. The number of aliphatic hydroxyl groups excluding tert-OH is 1. The van der Waals surface area contributed by atoms with Gasteiger partial charge in [-0.15, -0.1) is 13.2 Å². The summed E-state index contributed by atoms with van der Waals surface area (Å²) in [6.07, 6.45) is -0.741. The Labute approximate surface area is 122 Å². The van der Waals surface area contributed by atoms with Crippen LogP contribution in [0.3, 0.4) is 0 Å². The molecule has 1 aliphatic rings. The van der Waals surface area contributed by atoms with Gasteiger partial charge in [-0.1, -0.05) is 44.4 Å².